The van der Waals surface area contributed by atoms with Gasteiger partial charge in [-0.25, -0.2) is 31.5 Å². The van der Waals surface area contributed by atoms with E-state index in [1.54, 1.807) is 9.80 Å². The van der Waals surface area contributed by atoms with Gasteiger partial charge in [0.25, 0.3) is 0 Å². The maximum Gasteiger partial charge on any atom is 0.355 e. The fourth-order valence-corrected chi connectivity index (χ4v) is 6.45. The van der Waals surface area contributed by atoms with Crippen LogP contribution in [0.1, 0.15) is 32.3 Å². The maximum atomic E-state index is 15.9. The van der Waals surface area contributed by atoms with Gasteiger partial charge in [0.15, 0.2) is 15.5 Å². The summed E-state index contributed by atoms with van der Waals surface area (Å²) >= 11 is 6.29. The van der Waals surface area contributed by atoms with E-state index in [-0.39, 0.29) is 74.7 Å². The molecule has 1 saturated heterocycles. The summed E-state index contributed by atoms with van der Waals surface area (Å²) in [7, 11) is -3.93. The second-order valence-electron chi connectivity index (χ2n) is 10.9. The molecule has 0 spiro atoms. The number of nitrogens with zero attached hydrogens (tertiary/aromatic N) is 6. The molecule has 0 saturated carbocycles. The summed E-state index contributed by atoms with van der Waals surface area (Å²) in [4.78, 5) is 42.5. The lowest BCUT2D eigenvalue weighted by Crippen LogP contribution is -2.54. The van der Waals surface area contributed by atoms with Gasteiger partial charge in [-0.2, -0.15) is 4.98 Å². The van der Waals surface area contributed by atoms with Crippen molar-refractivity contribution in [3.63, 3.8) is 0 Å². The molecule has 10 nitrogen and oxygen atoms in total. The van der Waals surface area contributed by atoms with E-state index in [1.165, 1.54) is 18.3 Å². The Bertz CT molecular complexity index is 2000. The van der Waals surface area contributed by atoms with Crippen LogP contribution in [0.25, 0.3) is 28.0 Å². The monoisotopic (exact) mass is 642 g/mol. The van der Waals surface area contributed by atoms with Crippen molar-refractivity contribution in [1.29, 1.82) is 0 Å². The highest BCUT2D eigenvalue weighted by atomic mass is 35.5. The molecule has 0 N–H and O–H groups in total. The molecule has 3 aromatic heterocycles. The second-order valence-corrected chi connectivity index (χ2v) is 13.3. The maximum absolute atomic E-state index is 15.9. The average Bonchev–Trinajstić information content (AvgIpc) is 2.96. The minimum Gasteiger partial charge on any atom is -0.350 e. The molecular formula is C30H29ClF2N6O4S. The van der Waals surface area contributed by atoms with Crippen LogP contribution >= 0.6 is 11.6 Å². The molecule has 0 bridgehead atoms. The van der Waals surface area contributed by atoms with Crippen LogP contribution in [0.4, 0.5) is 14.6 Å². The topological polar surface area (TPSA) is 118 Å². The van der Waals surface area contributed by atoms with Crippen LogP contribution < -0.4 is 10.6 Å². The van der Waals surface area contributed by atoms with E-state index in [1.807, 2.05) is 20.8 Å². The third kappa shape index (κ3) is 5.57. The quantitative estimate of drug-likeness (QED) is 0.282. The summed E-state index contributed by atoms with van der Waals surface area (Å²) in [5.41, 5.74) is -0.746. The lowest BCUT2D eigenvalue weighted by molar-refractivity contribution is -0.126. The van der Waals surface area contributed by atoms with Crippen LogP contribution in [0.3, 0.4) is 0 Å². The van der Waals surface area contributed by atoms with Gasteiger partial charge in [0.05, 0.1) is 16.1 Å². The van der Waals surface area contributed by atoms with Gasteiger partial charge in [-0.1, -0.05) is 32.0 Å². The summed E-state index contributed by atoms with van der Waals surface area (Å²) in [5.74, 6) is -1.88. The first-order valence-corrected chi connectivity index (χ1v) is 15.9. The molecule has 1 aromatic carbocycles. The van der Waals surface area contributed by atoms with E-state index in [4.69, 9.17) is 11.6 Å². The van der Waals surface area contributed by atoms with Crippen molar-refractivity contribution < 1.29 is 22.0 Å². The van der Waals surface area contributed by atoms with E-state index in [0.29, 0.717) is 12.1 Å². The predicted octanol–water partition coefficient (Wildman–Crippen LogP) is 4.52. The number of benzene rings is 1. The van der Waals surface area contributed by atoms with Crippen molar-refractivity contribution in [3.8, 4) is 16.9 Å². The van der Waals surface area contributed by atoms with Gasteiger partial charge in [0.2, 0.25) is 5.91 Å². The molecule has 1 amide bonds. The van der Waals surface area contributed by atoms with Crippen LogP contribution in [-0.2, 0) is 14.6 Å². The SMILES string of the molecule is C=CC(=O)N1CCN(c2nc(=O)n(-c3c(C(C)C)cncc3S(C)(=O)=O)c3nc(-c4ccc(F)cc4Cl)c(F)cc23)[C@@H](C)C1. The van der Waals surface area contributed by atoms with E-state index in [9.17, 15) is 22.4 Å². The van der Waals surface area contributed by atoms with Crippen molar-refractivity contribution in [3.05, 3.63) is 82.0 Å². The zero-order valence-corrected chi connectivity index (χ0v) is 26.0. The minimum atomic E-state index is -3.93. The van der Waals surface area contributed by atoms with Gasteiger partial charge in [-0.15, -0.1) is 0 Å². The minimum absolute atomic E-state index is 0.00346. The highest BCUT2D eigenvalue weighted by Gasteiger charge is 2.31. The molecule has 4 heterocycles. The fourth-order valence-electron chi connectivity index (χ4n) is 5.38. The number of pyridine rings is 2. The Labute approximate surface area is 257 Å². The van der Waals surface area contributed by atoms with Crippen molar-refractivity contribution in [1.82, 2.24) is 24.4 Å². The van der Waals surface area contributed by atoms with Crippen LogP contribution in [-0.4, -0.2) is 70.7 Å². The Morgan fingerprint density at radius 3 is 2.50 bits per heavy atom. The summed E-state index contributed by atoms with van der Waals surface area (Å²) in [6.07, 6.45) is 4.82. The van der Waals surface area contributed by atoms with Gasteiger partial charge in [0, 0.05) is 49.9 Å². The fraction of sp³-hybridized carbons (Fsp3) is 0.300. The molecule has 0 aliphatic carbocycles. The molecule has 1 aliphatic heterocycles. The number of sulfone groups is 1. The van der Waals surface area contributed by atoms with Crippen LogP contribution in [0, 0.1) is 11.6 Å². The third-order valence-corrected chi connectivity index (χ3v) is 8.94. The molecule has 1 aliphatic rings. The van der Waals surface area contributed by atoms with Gasteiger partial charge in [0.1, 0.15) is 28.0 Å². The first kappa shape index (κ1) is 31.2. The highest BCUT2D eigenvalue weighted by Crippen LogP contribution is 2.36. The molecule has 14 heteroatoms. The second kappa shape index (κ2) is 11.7. The molecule has 5 rings (SSSR count). The Balaban J connectivity index is 1.88. The number of amides is 1. The predicted molar refractivity (Wildman–Crippen MR) is 164 cm³/mol. The highest BCUT2D eigenvalue weighted by molar-refractivity contribution is 7.90. The Morgan fingerprint density at radius 1 is 1.16 bits per heavy atom. The largest absolute Gasteiger partial charge is 0.355 e. The van der Waals surface area contributed by atoms with Crippen LogP contribution in [0.15, 0.2) is 59.0 Å². The number of hydrogen-bond donors (Lipinski definition) is 0. The molecule has 44 heavy (non-hydrogen) atoms. The number of fused-ring (bicyclic) bond motifs is 1. The first-order chi connectivity index (χ1) is 20.7. The standard InChI is InChI=1S/C30H29ClF2N6O4S/c1-6-25(40)37-9-10-38(17(4)15-37)28-20-12-23(33)26(19-8-7-18(32)11-22(19)31)35-29(20)39(30(41)36-28)27-21(16(2)3)13-34-14-24(27)44(5,42)43/h6-8,11-14,16-17H,1,9-10,15H2,2-5H3/t17-/m0/s1. The Hall–Kier alpha value is -4.23. The van der Waals surface area contributed by atoms with E-state index in [2.05, 4.69) is 21.5 Å². The third-order valence-electron chi connectivity index (χ3n) is 7.53. The molecule has 1 fully saturated rings. The molecule has 0 unspecified atom stereocenters. The molecule has 1 atom stereocenters. The Kier molecular flexibility index (Phi) is 8.29. The number of rotatable bonds is 6. The van der Waals surface area contributed by atoms with Gasteiger partial charge < -0.3 is 9.80 Å². The van der Waals surface area contributed by atoms with Crippen molar-refractivity contribution >= 4 is 44.2 Å². The molecule has 230 valence electrons. The first-order valence-electron chi connectivity index (χ1n) is 13.7. The summed E-state index contributed by atoms with van der Waals surface area (Å²) < 4.78 is 56.8. The number of anilines is 1. The van der Waals surface area contributed by atoms with Crippen molar-refractivity contribution in [2.75, 3.05) is 30.8 Å². The number of carbonyl (C=O) groups excluding carboxylic acids is 1. The van der Waals surface area contributed by atoms with Gasteiger partial charge in [-0.3, -0.25) is 9.78 Å². The lowest BCUT2D eigenvalue weighted by Gasteiger charge is -2.40. The number of hydrogen-bond acceptors (Lipinski definition) is 8. The molecule has 4 aromatic rings. The normalized spacial score (nSPS) is 15.7. The van der Waals surface area contributed by atoms with Crippen LogP contribution in [0.2, 0.25) is 5.02 Å². The van der Waals surface area contributed by atoms with E-state index in [0.717, 1.165) is 35.2 Å². The smallest absolute Gasteiger partial charge is 0.350 e. The number of halogens is 3. The number of carbonyl (C=O) groups is 1. The van der Waals surface area contributed by atoms with Crippen molar-refractivity contribution in [2.45, 2.75) is 37.6 Å². The number of piperazine rings is 1. The van der Waals surface area contributed by atoms with Gasteiger partial charge >= 0.3 is 5.69 Å². The average molecular weight is 643 g/mol. The summed E-state index contributed by atoms with van der Waals surface area (Å²) in [6.45, 7) is 9.83. The summed E-state index contributed by atoms with van der Waals surface area (Å²) in [5, 5.41) is 0.00422. The van der Waals surface area contributed by atoms with E-state index >= 15 is 4.39 Å². The molecular weight excluding hydrogens is 614 g/mol. The van der Waals surface area contributed by atoms with E-state index < -0.39 is 27.2 Å². The number of aromatic nitrogens is 4. The Morgan fingerprint density at radius 2 is 1.89 bits per heavy atom. The zero-order chi connectivity index (χ0) is 32.1. The molecule has 0 radical (unpaired) electrons. The van der Waals surface area contributed by atoms with Crippen LogP contribution in [0.5, 0.6) is 0 Å². The lowest BCUT2D eigenvalue weighted by atomic mass is 10.0. The summed E-state index contributed by atoms with van der Waals surface area (Å²) in [6, 6.07) is 4.20. The van der Waals surface area contributed by atoms with Gasteiger partial charge in [-0.05, 0) is 48.7 Å². The van der Waals surface area contributed by atoms with Crippen molar-refractivity contribution in [2.24, 2.45) is 0 Å². The zero-order valence-electron chi connectivity index (χ0n) is 24.4.